The molecule has 3 N–H and O–H groups in total. The molecule has 0 aliphatic heterocycles. The number of aliphatic hydroxyl groups excluding tert-OH is 1. The van der Waals surface area contributed by atoms with Crippen LogP contribution in [0.15, 0.2) is 18.2 Å². The Balaban J connectivity index is 0.00000400. The topological polar surface area (TPSA) is 91.0 Å². The molecule has 0 amide bonds. The molecule has 1 aromatic carbocycles. The summed E-state index contributed by atoms with van der Waals surface area (Å²) in [5.74, 6) is 0.541. The number of carbonyl (C=O) groups is 1. The lowest BCUT2D eigenvalue weighted by Crippen LogP contribution is -2.26. The first-order valence-corrected chi connectivity index (χ1v) is 6.42. The number of methoxy groups -OCH3 is 1. The van der Waals surface area contributed by atoms with Crippen molar-refractivity contribution >= 4 is 18.4 Å². The summed E-state index contributed by atoms with van der Waals surface area (Å²) in [5, 5.41) is 8.94. The number of hydrogen-bond donors (Lipinski definition) is 2. The number of hydrogen-bond acceptors (Lipinski definition) is 6. The van der Waals surface area contributed by atoms with Crippen molar-refractivity contribution in [2.45, 2.75) is 19.4 Å². The van der Waals surface area contributed by atoms with E-state index in [0.29, 0.717) is 24.5 Å². The van der Waals surface area contributed by atoms with Crippen LogP contribution in [0, 0.1) is 0 Å². The van der Waals surface area contributed by atoms with E-state index in [1.165, 1.54) is 7.11 Å². The van der Waals surface area contributed by atoms with Crippen molar-refractivity contribution in [1.82, 2.24) is 0 Å². The van der Waals surface area contributed by atoms with E-state index >= 15 is 0 Å². The van der Waals surface area contributed by atoms with Gasteiger partial charge in [0.25, 0.3) is 0 Å². The molecule has 0 spiro atoms. The van der Waals surface area contributed by atoms with E-state index in [2.05, 4.69) is 0 Å². The fourth-order valence-corrected chi connectivity index (χ4v) is 1.66. The molecule has 21 heavy (non-hydrogen) atoms. The molecule has 1 aromatic rings. The van der Waals surface area contributed by atoms with Crippen LogP contribution in [0.1, 0.15) is 12.5 Å². The SMILES string of the molecule is CCOC(=O)COc1ccc(CC(N)CO)cc1OC.Cl. The van der Waals surface area contributed by atoms with E-state index in [1.807, 2.05) is 6.07 Å². The lowest BCUT2D eigenvalue weighted by molar-refractivity contribution is -0.145. The van der Waals surface area contributed by atoms with Gasteiger partial charge in [-0.1, -0.05) is 6.07 Å². The lowest BCUT2D eigenvalue weighted by atomic mass is 10.1. The highest BCUT2D eigenvalue weighted by Crippen LogP contribution is 2.28. The van der Waals surface area contributed by atoms with Gasteiger partial charge in [0.15, 0.2) is 18.1 Å². The minimum Gasteiger partial charge on any atom is -0.493 e. The van der Waals surface area contributed by atoms with Crippen molar-refractivity contribution in [3.8, 4) is 11.5 Å². The van der Waals surface area contributed by atoms with E-state index < -0.39 is 5.97 Å². The van der Waals surface area contributed by atoms with Gasteiger partial charge in [0.2, 0.25) is 0 Å². The number of nitrogens with two attached hydrogens (primary N) is 1. The quantitative estimate of drug-likeness (QED) is 0.692. The highest BCUT2D eigenvalue weighted by Gasteiger charge is 2.10. The molecule has 7 heteroatoms. The molecule has 0 aliphatic carbocycles. The van der Waals surface area contributed by atoms with Crippen molar-refractivity contribution in [3.05, 3.63) is 23.8 Å². The maximum absolute atomic E-state index is 11.2. The van der Waals surface area contributed by atoms with Crippen molar-refractivity contribution < 1.29 is 24.1 Å². The highest BCUT2D eigenvalue weighted by molar-refractivity contribution is 5.85. The summed E-state index contributed by atoms with van der Waals surface area (Å²) in [6.07, 6.45) is 0.533. The highest BCUT2D eigenvalue weighted by atomic mass is 35.5. The summed E-state index contributed by atoms with van der Waals surface area (Å²) in [7, 11) is 1.52. The predicted molar refractivity (Wildman–Crippen MR) is 81.1 cm³/mol. The molecule has 0 saturated carbocycles. The molecule has 6 nitrogen and oxygen atoms in total. The summed E-state index contributed by atoms with van der Waals surface area (Å²) in [6, 6.07) is 4.98. The lowest BCUT2D eigenvalue weighted by Gasteiger charge is -2.13. The third-order valence-electron chi connectivity index (χ3n) is 2.61. The van der Waals surface area contributed by atoms with Gasteiger partial charge >= 0.3 is 5.97 Å². The average molecular weight is 320 g/mol. The molecule has 0 fully saturated rings. The van der Waals surface area contributed by atoms with Gasteiger partial charge in [-0.05, 0) is 31.0 Å². The molecule has 1 atom stereocenters. The van der Waals surface area contributed by atoms with Crippen molar-refractivity contribution in [1.29, 1.82) is 0 Å². The van der Waals surface area contributed by atoms with Gasteiger partial charge in [-0.2, -0.15) is 0 Å². The average Bonchev–Trinajstić information content (AvgIpc) is 2.45. The first-order valence-electron chi connectivity index (χ1n) is 6.42. The van der Waals surface area contributed by atoms with E-state index in [1.54, 1.807) is 19.1 Å². The number of esters is 1. The molecule has 0 saturated heterocycles. The van der Waals surface area contributed by atoms with Crippen LogP contribution in [0.2, 0.25) is 0 Å². The summed E-state index contributed by atoms with van der Waals surface area (Å²) >= 11 is 0. The smallest absolute Gasteiger partial charge is 0.344 e. The Hall–Kier alpha value is -1.50. The molecule has 0 bridgehead atoms. The standard InChI is InChI=1S/C14H21NO5.ClH/c1-3-19-14(17)9-20-12-5-4-10(6-11(15)8-16)7-13(12)18-2;/h4-5,7,11,16H,3,6,8-9,15H2,1-2H3;1H. The van der Waals surface area contributed by atoms with Crippen molar-refractivity contribution in [2.24, 2.45) is 5.73 Å². The van der Waals surface area contributed by atoms with Crippen molar-refractivity contribution in [3.63, 3.8) is 0 Å². The molecule has 0 aliphatic rings. The molecule has 120 valence electrons. The second-order valence-electron chi connectivity index (χ2n) is 4.23. The second kappa shape index (κ2) is 10.3. The fourth-order valence-electron chi connectivity index (χ4n) is 1.66. The Kier molecular flexibility index (Phi) is 9.53. The molecule has 1 rings (SSSR count). The van der Waals surface area contributed by atoms with Gasteiger partial charge in [-0.25, -0.2) is 4.79 Å². The molecular weight excluding hydrogens is 298 g/mol. The van der Waals surface area contributed by atoms with E-state index in [4.69, 9.17) is 25.1 Å². The molecule has 0 radical (unpaired) electrons. The number of rotatable bonds is 8. The molecule has 0 aromatic heterocycles. The zero-order valence-corrected chi connectivity index (χ0v) is 13.0. The van der Waals surface area contributed by atoms with Gasteiger partial charge in [-0.15, -0.1) is 12.4 Å². The monoisotopic (exact) mass is 319 g/mol. The number of ether oxygens (including phenoxy) is 3. The first kappa shape index (κ1) is 19.5. The Bertz CT molecular complexity index is 441. The number of benzene rings is 1. The zero-order chi connectivity index (χ0) is 15.0. The summed E-state index contributed by atoms with van der Waals surface area (Å²) in [4.78, 5) is 11.2. The number of halogens is 1. The summed E-state index contributed by atoms with van der Waals surface area (Å²) in [5.41, 5.74) is 6.61. The second-order valence-corrected chi connectivity index (χ2v) is 4.23. The largest absolute Gasteiger partial charge is 0.493 e. The predicted octanol–water partition coefficient (Wildman–Crippen LogP) is 0.921. The van der Waals surface area contributed by atoms with Gasteiger partial charge < -0.3 is 25.1 Å². The Morgan fingerprint density at radius 3 is 2.67 bits per heavy atom. The summed E-state index contributed by atoms with van der Waals surface area (Å²) < 4.78 is 15.3. The molecule has 1 unspecified atom stereocenters. The van der Waals surface area contributed by atoms with Crippen LogP contribution < -0.4 is 15.2 Å². The van der Waals surface area contributed by atoms with E-state index in [9.17, 15) is 4.79 Å². The third kappa shape index (κ3) is 6.66. The van der Waals surface area contributed by atoms with Crippen LogP contribution >= 0.6 is 12.4 Å². The Morgan fingerprint density at radius 2 is 2.10 bits per heavy atom. The third-order valence-corrected chi connectivity index (χ3v) is 2.61. The van der Waals surface area contributed by atoms with Gasteiger partial charge in [0, 0.05) is 6.04 Å². The van der Waals surface area contributed by atoms with Gasteiger partial charge in [0.1, 0.15) is 0 Å². The zero-order valence-electron chi connectivity index (χ0n) is 12.2. The first-order chi connectivity index (χ1) is 9.60. The number of carbonyl (C=O) groups excluding carboxylic acids is 1. The minimum atomic E-state index is -0.430. The van der Waals surface area contributed by atoms with Gasteiger partial charge in [0.05, 0.1) is 20.3 Å². The minimum absolute atomic E-state index is 0. The van der Waals surface area contributed by atoms with Crippen LogP contribution in [0.3, 0.4) is 0 Å². The normalized spacial score (nSPS) is 11.2. The Morgan fingerprint density at radius 1 is 1.38 bits per heavy atom. The molecular formula is C14H22ClNO5. The molecule has 0 heterocycles. The maximum Gasteiger partial charge on any atom is 0.344 e. The summed E-state index contributed by atoms with van der Waals surface area (Å²) in [6.45, 7) is 1.80. The Labute approximate surface area is 130 Å². The van der Waals surface area contributed by atoms with Crippen LogP contribution in [0.4, 0.5) is 0 Å². The van der Waals surface area contributed by atoms with E-state index in [0.717, 1.165) is 5.56 Å². The van der Waals surface area contributed by atoms with Crippen LogP contribution in [-0.2, 0) is 16.0 Å². The van der Waals surface area contributed by atoms with E-state index in [-0.39, 0.29) is 31.7 Å². The van der Waals surface area contributed by atoms with Crippen LogP contribution in [-0.4, -0.2) is 44.0 Å². The van der Waals surface area contributed by atoms with Crippen molar-refractivity contribution in [2.75, 3.05) is 26.9 Å². The van der Waals surface area contributed by atoms with Gasteiger partial charge in [-0.3, -0.25) is 0 Å². The van der Waals surface area contributed by atoms with Crippen LogP contribution in [0.25, 0.3) is 0 Å². The fraction of sp³-hybridized carbons (Fsp3) is 0.500. The number of aliphatic hydroxyl groups is 1. The maximum atomic E-state index is 11.2. The van der Waals surface area contributed by atoms with Crippen LogP contribution in [0.5, 0.6) is 11.5 Å².